The lowest BCUT2D eigenvalue weighted by Gasteiger charge is -2.16. The molecule has 2 N–H and O–H groups in total. The Kier molecular flexibility index (Phi) is 4.74. The second-order valence-corrected chi connectivity index (χ2v) is 7.33. The van der Waals surface area contributed by atoms with Crippen LogP contribution in [0.25, 0.3) is 0 Å². The molecule has 1 aromatic rings. The average Bonchev–Trinajstić information content (AvgIpc) is 3.05. The molecule has 0 radical (unpaired) electrons. The van der Waals surface area contributed by atoms with E-state index >= 15 is 0 Å². The molecule has 0 saturated carbocycles. The number of aromatic nitrogens is 1. The summed E-state index contributed by atoms with van der Waals surface area (Å²) in [5.41, 5.74) is 0.781. The van der Waals surface area contributed by atoms with Gasteiger partial charge in [0.05, 0.1) is 11.6 Å². The van der Waals surface area contributed by atoms with Crippen LogP contribution in [0.3, 0.4) is 0 Å². The van der Waals surface area contributed by atoms with Gasteiger partial charge in [0.1, 0.15) is 0 Å². The maximum absolute atomic E-state index is 12.1. The normalized spacial score (nSPS) is 23.1. The molecule has 0 amide bonds. The van der Waals surface area contributed by atoms with Gasteiger partial charge >= 0.3 is 5.97 Å². The predicted molar refractivity (Wildman–Crippen MR) is 72.4 cm³/mol. The van der Waals surface area contributed by atoms with Crippen molar-refractivity contribution in [3.63, 3.8) is 0 Å². The van der Waals surface area contributed by atoms with Crippen molar-refractivity contribution < 1.29 is 23.1 Å². The summed E-state index contributed by atoms with van der Waals surface area (Å²) in [7, 11) is -3.84. The van der Waals surface area contributed by atoms with Crippen LogP contribution in [0.15, 0.2) is 9.72 Å². The van der Waals surface area contributed by atoms with Crippen LogP contribution in [-0.4, -0.2) is 43.7 Å². The van der Waals surface area contributed by atoms with Crippen molar-refractivity contribution >= 4 is 27.3 Å². The second-order valence-electron chi connectivity index (χ2n) is 4.51. The van der Waals surface area contributed by atoms with E-state index in [2.05, 4.69) is 9.71 Å². The lowest BCUT2D eigenvalue weighted by molar-refractivity contribution is 0.0687. The van der Waals surface area contributed by atoms with Crippen LogP contribution in [-0.2, 0) is 14.8 Å². The van der Waals surface area contributed by atoms with Crippen LogP contribution >= 0.6 is 11.3 Å². The largest absolute Gasteiger partial charge is 0.476 e. The van der Waals surface area contributed by atoms with Crippen LogP contribution in [0.2, 0.25) is 0 Å². The van der Waals surface area contributed by atoms with Gasteiger partial charge in [0, 0.05) is 19.1 Å². The Morgan fingerprint density at radius 1 is 1.65 bits per heavy atom. The van der Waals surface area contributed by atoms with E-state index in [4.69, 9.17) is 9.84 Å². The van der Waals surface area contributed by atoms with Crippen LogP contribution < -0.4 is 4.72 Å². The number of sulfonamides is 1. The van der Waals surface area contributed by atoms with Crippen molar-refractivity contribution in [3.8, 4) is 0 Å². The van der Waals surface area contributed by atoms with Gasteiger partial charge in [0.15, 0.2) is 9.90 Å². The third-order valence-corrected chi connectivity index (χ3v) is 6.06. The highest BCUT2D eigenvalue weighted by atomic mass is 32.2. The first-order chi connectivity index (χ1) is 9.45. The first-order valence-electron chi connectivity index (χ1n) is 6.23. The van der Waals surface area contributed by atoms with Crippen LogP contribution in [0.4, 0.5) is 0 Å². The molecule has 1 fully saturated rings. The molecule has 2 rings (SSSR count). The maximum atomic E-state index is 12.1. The van der Waals surface area contributed by atoms with Crippen molar-refractivity contribution in [3.05, 3.63) is 11.2 Å². The van der Waals surface area contributed by atoms with E-state index in [1.165, 1.54) is 5.51 Å². The molecule has 2 unspecified atom stereocenters. The summed E-state index contributed by atoms with van der Waals surface area (Å²) >= 11 is 0.800. The van der Waals surface area contributed by atoms with Crippen LogP contribution in [0.5, 0.6) is 0 Å². The molecule has 2 atom stereocenters. The Morgan fingerprint density at radius 3 is 3.05 bits per heavy atom. The summed E-state index contributed by atoms with van der Waals surface area (Å²) in [5.74, 6) is -1.22. The topological polar surface area (TPSA) is 106 Å². The Balaban J connectivity index is 2.08. The van der Waals surface area contributed by atoms with Gasteiger partial charge < -0.3 is 9.84 Å². The highest BCUT2D eigenvalue weighted by molar-refractivity contribution is 7.91. The standard InChI is InChI=1S/C11H16N2O5S2/c1-2-8-7(3-4-18-8)5-13-20(16,17)11-9(10(14)15)12-6-19-11/h6-8,13H,2-5H2,1H3,(H,14,15). The van der Waals surface area contributed by atoms with Crippen molar-refractivity contribution in [2.45, 2.75) is 30.1 Å². The first kappa shape index (κ1) is 15.4. The van der Waals surface area contributed by atoms with Crippen LogP contribution in [0.1, 0.15) is 30.3 Å². The number of nitrogens with one attached hydrogen (secondary N) is 1. The predicted octanol–water partition coefficient (Wildman–Crippen LogP) is 0.935. The van der Waals surface area contributed by atoms with Crippen molar-refractivity contribution in [1.29, 1.82) is 0 Å². The van der Waals surface area contributed by atoms with Crippen molar-refractivity contribution in [2.24, 2.45) is 5.92 Å². The molecule has 0 spiro atoms. The molecule has 20 heavy (non-hydrogen) atoms. The van der Waals surface area contributed by atoms with Gasteiger partial charge in [-0.1, -0.05) is 6.92 Å². The van der Waals surface area contributed by atoms with E-state index in [1.807, 2.05) is 6.92 Å². The van der Waals surface area contributed by atoms with E-state index in [0.717, 1.165) is 24.2 Å². The minimum atomic E-state index is -3.84. The SMILES string of the molecule is CCC1OCCC1CNS(=O)(=O)c1scnc1C(=O)O. The fraction of sp³-hybridized carbons (Fsp3) is 0.636. The molecular formula is C11H16N2O5S2. The first-order valence-corrected chi connectivity index (χ1v) is 8.60. The van der Waals surface area contributed by atoms with E-state index in [1.54, 1.807) is 0 Å². The quantitative estimate of drug-likeness (QED) is 0.808. The molecule has 112 valence electrons. The number of hydrogen-bond acceptors (Lipinski definition) is 6. The monoisotopic (exact) mass is 320 g/mol. The third-order valence-electron chi connectivity index (χ3n) is 3.27. The highest BCUT2D eigenvalue weighted by Gasteiger charge is 2.30. The number of nitrogens with zero attached hydrogens (tertiary/aromatic N) is 1. The minimum absolute atomic E-state index is 0.0538. The lowest BCUT2D eigenvalue weighted by atomic mass is 10.0. The number of carbonyl (C=O) groups is 1. The number of carboxylic acid groups (broad SMARTS) is 1. The van der Waals surface area contributed by atoms with E-state index < -0.39 is 21.7 Å². The zero-order valence-corrected chi connectivity index (χ0v) is 12.5. The van der Waals surface area contributed by atoms with Gasteiger partial charge in [-0.05, 0) is 12.8 Å². The molecule has 0 aliphatic carbocycles. The summed E-state index contributed by atoms with van der Waals surface area (Å²) in [6.07, 6.45) is 1.68. The molecule has 1 aliphatic rings. The number of thiazole rings is 1. The van der Waals surface area contributed by atoms with E-state index in [9.17, 15) is 13.2 Å². The fourth-order valence-electron chi connectivity index (χ4n) is 2.23. The molecule has 9 heteroatoms. The molecular weight excluding hydrogens is 304 g/mol. The van der Waals surface area contributed by atoms with Crippen molar-refractivity contribution in [1.82, 2.24) is 9.71 Å². The van der Waals surface area contributed by atoms with Gasteiger partial charge in [-0.25, -0.2) is 22.9 Å². The molecule has 7 nitrogen and oxygen atoms in total. The molecule has 1 saturated heterocycles. The molecule has 0 bridgehead atoms. The molecule has 2 heterocycles. The zero-order chi connectivity index (χ0) is 14.8. The number of ether oxygens (including phenoxy) is 1. The van der Waals surface area contributed by atoms with Gasteiger partial charge in [0.25, 0.3) is 10.0 Å². The Hall–Kier alpha value is -1.03. The number of aromatic carboxylic acids is 1. The Labute approximate surface area is 121 Å². The van der Waals surface area contributed by atoms with Crippen molar-refractivity contribution in [2.75, 3.05) is 13.2 Å². The summed E-state index contributed by atoms with van der Waals surface area (Å²) in [6.45, 7) is 2.87. The third kappa shape index (κ3) is 3.17. The van der Waals surface area contributed by atoms with Gasteiger partial charge in [-0.2, -0.15) is 0 Å². The Morgan fingerprint density at radius 2 is 2.40 bits per heavy atom. The summed E-state index contributed by atoms with van der Waals surface area (Å²) < 4.78 is 32.0. The molecule has 1 aromatic heterocycles. The van der Waals surface area contributed by atoms with Crippen LogP contribution in [0, 0.1) is 5.92 Å². The average molecular weight is 320 g/mol. The van der Waals surface area contributed by atoms with Gasteiger partial charge in [-0.3, -0.25) is 0 Å². The highest BCUT2D eigenvalue weighted by Crippen LogP contribution is 2.24. The summed E-state index contributed by atoms with van der Waals surface area (Å²) in [6, 6.07) is 0. The number of rotatable bonds is 6. The van der Waals surface area contributed by atoms with E-state index in [0.29, 0.717) is 6.61 Å². The number of hydrogen-bond donors (Lipinski definition) is 2. The minimum Gasteiger partial charge on any atom is -0.476 e. The second kappa shape index (κ2) is 6.17. The van der Waals surface area contributed by atoms with Gasteiger partial charge in [-0.15, -0.1) is 11.3 Å². The van der Waals surface area contributed by atoms with Gasteiger partial charge in [0.2, 0.25) is 0 Å². The zero-order valence-electron chi connectivity index (χ0n) is 10.9. The summed E-state index contributed by atoms with van der Waals surface area (Å²) in [5, 5.41) is 8.91. The maximum Gasteiger partial charge on any atom is 0.356 e. The fourth-order valence-corrected chi connectivity index (χ4v) is 4.51. The molecule has 1 aliphatic heterocycles. The Bertz CT molecular complexity index is 583. The lowest BCUT2D eigenvalue weighted by Crippen LogP contribution is -2.33. The van der Waals surface area contributed by atoms with E-state index in [-0.39, 0.29) is 22.8 Å². The molecule has 0 aromatic carbocycles. The smallest absolute Gasteiger partial charge is 0.356 e. The number of carboxylic acids is 1. The summed E-state index contributed by atoms with van der Waals surface area (Å²) in [4.78, 5) is 14.5.